The van der Waals surface area contributed by atoms with Crippen LogP contribution < -0.4 is 0 Å². The van der Waals surface area contributed by atoms with Crippen LogP contribution in [0, 0.1) is 0 Å². The molecule has 0 aromatic rings. The highest BCUT2D eigenvalue weighted by Gasteiger charge is 2.27. The Morgan fingerprint density at radius 3 is 1.81 bits per heavy atom. The zero-order valence-electron chi connectivity index (χ0n) is 36.4. The quantitative estimate of drug-likeness (QED) is 0.0156. The number of likely N-dealkylation sites (N-methyl/N-ethyl adjacent to an activating group) is 1. The Kier molecular flexibility index (Phi) is 36.0. The smallest absolute Gasteiger partial charge is 0.462 e. The number of hydrogen-bond acceptors (Lipinski definition) is 8. The first-order chi connectivity index (χ1) is 27.4. The van der Waals surface area contributed by atoms with E-state index in [1.807, 2.05) is 57.6 Å². The predicted molar refractivity (Wildman–Crippen MR) is 235 cm³/mol. The fourth-order valence-electron chi connectivity index (χ4n) is 5.30. The topological polar surface area (TPSA) is 129 Å². The van der Waals surface area contributed by atoms with Gasteiger partial charge >= 0.3 is 19.8 Å². The highest BCUT2D eigenvalue weighted by Crippen LogP contribution is 2.43. The van der Waals surface area contributed by atoms with Crippen molar-refractivity contribution < 1.29 is 47.2 Å². The Labute approximate surface area is 347 Å². The first-order valence-electron chi connectivity index (χ1n) is 21.8. The maximum Gasteiger partial charge on any atom is 0.472 e. The van der Waals surface area contributed by atoms with Gasteiger partial charge in [0, 0.05) is 12.8 Å². The molecule has 0 bridgehead atoms. The van der Waals surface area contributed by atoms with Crippen LogP contribution >= 0.6 is 7.82 Å². The molecule has 10 nitrogen and oxygen atoms in total. The molecule has 0 amide bonds. The van der Waals surface area contributed by atoms with E-state index in [0.29, 0.717) is 36.7 Å². The second kappa shape index (κ2) is 37.7. The van der Waals surface area contributed by atoms with Gasteiger partial charge in [-0.05, 0) is 77.0 Å². The van der Waals surface area contributed by atoms with Gasteiger partial charge in [0.2, 0.25) is 0 Å². The lowest BCUT2D eigenvalue weighted by molar-refractivity contribution is -0.870. The summed E-state index contributed by atoms with van der Waals surface area (Å²) < 4.78 is 34.1. The van der Waals surface area contributed by atoms with Crippen LogP contribution in [0.1, 0.15) is 149 Å². The Morgan fingerprint density at radius 1 is 0.632 bits per heavy atom. The summed E-state index contributed by atoms with van der Waals surface area (Å²) in [5, 5.41) is 10.0. The van der Waals surface area contributed by atoms with Crippen LogP contribution in [0.4, 0.5) is 0 Å². The van der Waals surface area contributed by atoms with Gasteiger partial charge in [-0.3, -0.25) is 18.6 Å². The predicted octanol–water partition coefficient (Wildman–Crippen LogP) is 11.2. The molecule has 3 atom stereocenters. The van der Waals surface area contributed by atoms with Crippen molar-refractivity contribution in [1.82, 2.24) is 0 Å². The number of unbranched alkanes of at least 4 members (excludes halogenated alkanes) is 12. The van der Waals surface area contributed by atoms with Gasteiger partial charge in [-0.2, -0.15) is 0 Å². The molecular formula is C46H81NO9P+. The molecule has 0 heterocycles. The summed E-state index contributed by atoms with van der Waals surface area (Å²) in [6.07, 6.45) is 42.7. The summed E-state index contributed by atoms with van der Waals surface area (Å²) in [6, 6.07) is 0. The number of aliphatic hydroxyl groups is 1. The van der Waals surface area contributed by atoms with E-state index in [2.05, 4.69) is 44.2 Å². The van der Waals surface area contributed by atoms with E-state index in [9.17, 15) is 24.2 Å². The Hall–Kier alpha value is -2.59. The van der Waals surface area contributed by atoms with Gasteiger partial charge in [-0.15, -0.1) is 0 Å². The number of phosphoric acid groups is 1. The largest absolute Gasteiger partial charge is 0.472 e. The summed E-state index contributed by atoms with van der Waals surface area (Å²) >= 11 is 0. The Balaban J connectivity index is 4.58. The molecule has 0 radical (unpaired) electrons. The van der Waals surface area contributed by atoms with Gasteiger partial charge in [0.05, 0.1) is 33.9 Å². The molecule has 11 heteroatoms. The van der Waals surface area contributed by atoms with E-state index in [-0.39, 0.29) is 26.1 Å². The average Bonchev–Trinajstić information content (AvgIpc) is 3.15. The lowest BCUT2D eigenvalue weighted by Crippen LogP contribution is -2.37. The number of carbonyl (C=O) groups is 2. The maximum absolute atomic E-state index is 12.7. The number of carbonyl (C=O) groups excluding carboxylic acids is 2. The number of rotatable bonds is 38. The molecule has 3 unspecified atom stereocenters. The molecule has 0 aromatic carbocycles. The summed E-state index contributed by atoms with van der Waals surface area (Å²) in [6.45, 7) is 4.17. The molecule has 0 aliphatic rings. The third kappa shape index (κ3) is 41.4. The fourth-order valence-corrected chi connectivity index (χ4v) is 6.04. The third-order valence-electron chi connectivity index (χ3n) is 8.79. The van der Waals surface area contributed by atoms with Crippen LogP contribution in [0.2, 0.25) is 0 Å². The Bertz CT molecular complexity index is 1220. The Morgan fingerprint density at radius 2 is 1.18 bits per heavy atom. The molecule has 328 valence electrons. The SMILES string of the molecule is CCCCC/C=C\C/C=C\CCCCCCCC(=O)OCC(COP(=O)(O)OCC[N+](C)(C)C)OC(=O)CCC/C=C\C/C=C\C=C\C(O)C/C=C\CCCCC. The normalized spacial score (nSPS) is 14.9. The number of nitrogens with zero attached hydrogens (tertiary/aromatic N) is 1. The number of aliphatic hydroxyl groups excluding tert-OH is 1. The molecule has 57 heavy (non-hydrogen) atoms. The van der Waals surface area contributed by atoms with Crippen molar-refractivity contribution in [2.75, 3.05) is 47.5 Å². The maximum atomic E-state index is 12.7. The summed E-state index contributed by atoms with van der Waals surface area (Å²) in [5.41, 5.74) is 0. The fraction of sp³-hybridized carbons (Fsp3) is 0.696. The van der Waals surface area contributed by atoms with Crippen molar-refractivity contribution in [2.45, 2.75) is 161 Å². The van der Waals surface area contributed by atoms with Crippen LogP contribution in [-0.2, 0) is 32.7 Å². The minimum absolute atomic E-state index is 0.00449. The highest BCUT2D eigenvalue weighted by molar-refractivity contribution is 7.47. The first kappa shape index (κ1) is 54.4. The number of ether oxygens (including phenoxy) is 2. The molecular weight excluding hydrogens is 741 g/mol. The standard InChI is InChI=1S/C46H80NO9P/c1-6-8-10-12-14-15-16-17-18-19-20-21-25-29-33-37-45(49)53-41-44(42-55-57(51,52)54-40-39-47(3,4)5)56-46(50)38-34-30-26-23-22-24-28-32-36-43(48)35-31-27-13-11-9-7-2/h14-15,17-18,23-24,26-28,31-32,36,43-44,48H,6-13,16,19-22,25,29-30,33-35,37-42H2,1-5H3/p+1/b15-14-,18-17-,26-23-,28-24-,31-27-,36-32+. The summed E-state index contributed by atoms with van der Waals surface area (Å²) in [5.74, 6) is -0.927. The molecule has 0 aliphatic carbocycles. The van der Waals surface area contributed by atoms with Crippen LogP contribution in [-0.4, -0.2) is 86.1 Å². The summed E-state index contributed by atoms with van der Waals surface area (Å²) in [7, 11) is 1.38. The van der Waals surface area contributed by atoms with E-state index >= 15 is 0 Å². The lowest BCUT2D eigenvalue weighted by Gasteiger charge is -2.24. The number of hydrogen-bond donors (Lipinski definition) is 2. The molecule has 0 rings (SSSR count). The second-order valence-corrected chi connectivity index (χ2v) is 17.0. The average molecular weight is 823 g/mol. The third-order valence-corrected chi connectivity index (χ3v) is 9.77. The van der Waals surface area contributed by atoms with Gasteiger partial charge in [-0.1, -0.05) is 132 Å². The molecule has 0 aromatic heterocycles. The number of allylic oxidation sites excluding steroid dienone is 10. The molecule has 0 aliphatic heterocycles. The van der Waals surface area contributed by atoms with Crippen molar-refractivity contribution in [3.63, 3.8) is 0 Å². The van der Waals surface area contributed by atoms with Gasteiger partial charge in [0.25, 0.3) is 0 Å². The minimum atomic E-state index is -4.41. The minimum Gasteiger partial charge on any atom is -0.462 e. The summed E-state index contributed by atoms with van der Waals surface area (Å²) in [4.78, 5) is 35.3. The molecule has 0 fully saturated rings. The van der Waals surface area contributed by atoms with E-state index in [4.69, 9.17) is 18.5 Å². The van der Waals surface area contributed by atoms with E-state index < -0.39 is 38.6 Å². The lowest BCUT2D eigenvalue weighted by atomic mass is 10.1. The number of esters is 2. The van der Waals surface area contributed by atoms with Crippen LogP contribution in [0.3, 0.4) is 0 Å². The number of phosphoric ester groups is 1. The van der Waals surface area contributed by atoms with Gasteiger partial charge < -0.3 is 24.0 Å². The van der Waals surface area contributed by atoms with Gasteiger partial charge in [-0.25, -0.2) is 4.57 Å². The van der Waals surface area contributed by atoms with E-state index in [1.54, 1.807) is 6.08 Å². The van der Waals surface area contributed by atoms with Crippen molar-refractivity contribution in [2.24, 2.45) is 0 Å². The van der Waals surface area contributed by atoms with Crippen molar-refractivity contribution >= 4 is 19.8 Å². The molecule has 0 saturated carbocycles. The number of quaternary nitrogens is 1. The first-order valence-corrected chi connectivity index (χ1v) is 23.3. The van der Waals surface area contributed by atoms with E-state index in [1.165, 1.54) is 44.9 Å². The monoisotopic (exact) mass is 823 g/mol. The molecule has 0 spiro atoms. The zero-order chi connectivity index (χ0) is 42.3. The molecule has 0 saturated heterocycles. The second-order valence-electron chi connectivity index (χ2n) is 15.6. The van der Waals surface area contributed by atoms with Crippen molar-refractivity contribution in [1.29, 1.82) is 0 Å². The van der Waals surface area contributed by atoms with Crippen LogP contribution in [0.5, 0.6) is 0 Å². The molecule has 2 N–H and O–H groups in total. The van der Waals surface area contributed by atoms with Crippen molar-refractivity contribution in [3.8, 4) is 0 Å². The van der Waals surface area contributed by atoms with Gasteiger partial charge in [0.1, 0.15) is 19.8 Å². The van der Waals surface area contributed by atoms with Gasteiger partial charge in [0.15, 0.2) is 6.10 Å². The van der Waals surface area contributed by atoms with Crippen LogP contribution in [0.25, 0.3) is 0 Å². The highest BCUT2D eigenvalue weighted by atomic mass is 31.2. The van der Waals surface area contributed by atoms with Crippen molar-refractivity contribution in [3.05, 3.63) is 72.9 Å². The van der Waals surface area contributed by atoms with E-state index in [0.717, 1.165) is 51.4 Å². The van der Waals surface area contributed by atoms with Crippen LogP contribution in [0.15, 0.2) is 72.9 Å². The zero-order valence-corrected chi connectivity index (χ0v) is 37.3.